The number of hydrogen-bond donors (Lipinski definition) is 2. The predicted octanol–water partition coefficient (Wildman–Crippen LogP) is 0.485. The molecule has 1 saturated heterocycles. The van der Waals surface area contributed by atoms with Gasteiger partial charge in [-0.25, -0.2) is 13.2 Å². The zero-order chi connectivity index (χ0) is 15.8. The number of primary amides is 1. The lowest BCUT2D eigenvalue weighted by Gasteiger charge is -2.16. The largest absolute Gasteiger partial charge is 0.478 e. The number of aromatic carboxylic acids is 1. The van der Waals surface area contributed by atoms with E-state index in [0.29, 0.717) is 9.99 Å². The first-order valence-corrected chi connectivity index (χ1v) is 8.57. The Morgan fingerprint density at radius 3 is 2.57 bits per heavy atom. The SMILES string of the molecule is NC(=O)C1CCN(S(=O)(=O)c2ccc(I)c(C(=O)O)c2)C1. The smallest absolute Gasteiger partial charge is 0.336 e. The van der Waals surface area contributed by atoms with E-state index < -0.39 is 27.8 Å². The van der Waals surface area contributed by atoms with Crippen LogP contribution in [0.25, 0.3) is 0 Å². The summed E-state index contributed by atoms with van der Waals surface area (Å²) in [7, 11) is -3.82. The number of amides is 1. The van der Waals surface area contributed by atoms with E-state index in [9.17, 15) is 18.0 Å². The monoisotopic (exact) mass is 424 g/mol. The second-order valence-corrected chi connectivity index (χ2v) is 7.80. The Balaban J connectivity index is 2.35. The van der Waals surface area contributed by atoms with Gasteiger partial charge in [0.15, 0.2) is 0 Å². The lowest BCUT2D eigenvalue weighted by molar-refractivity contribution is -0.121. The number of sulfonamides is 1. The fourth-order valence-corrected chi connectivity index (χ4v) is 4.25. The average molecular weight is 424 g/mol. The molecule has 2 rings (SSSR count). The summed E-state index contributed by atoms with van der Waals surface area (Å²) in [5, 5.41) is 9.06. The maximum absolute atomic E-state index is 12.5. The molecule has 1 aromatic carbocycles. The molecular formula is C12H13IN2O5S. The summed E-state index contributed by atoms with van der Waals surface area (Å²) in [6, 6.07) is 3.94. The Morgan fingerprint density at radius 2 is 2.05 bits per heavy atom. The van der Waals surface area contributed by atoms with Crippen molar-refractivity contribution in [2.24, 2.45) is 11.7 Å². The normalized spacial score (nSPS) is 19.6. The molecule has 1 atom stereocenters. The first kappa shape index (κ1) is 16.2. The molecule has 0 bridgehead atoms. The zero-order valence-corrected chi connectivity index (χ0v) is 13.8. The maximum atomic E-state index is 12.5. The van der Waals surface area contributed by atoms with Crippen molar-refractivity contribution in [1.82, 2.24) is 4.31 Å². The summed E-state index contributed by atoms with van der Waals surface area (Å²) < 4.78 is 26.6. The van der Waals surface area contributed by atoms with Crippen LogP contribution in [0.15, 0.2) is 23.1 Å². The number of carboxylic acid groups (broad SMARTS) is 1. The van der Waals surface area contributed by atoms with Gasteiger partial charge >= 0.3 is 5.97 Å². The number of nitrogens with two attached hydrogens (primary N) is 1. The highest BCUT2D eigenvalue weighted by atomic mass is 127. The van der Waals surface area contributed by atoms with Crippen molar-refractivity contribution in [3.63, 3.8) is 0 Å². The molecule has 0 radical (unpaired) electrons. The predicted molar refractivity (Wildman–Crippen MR) is 82.2 cm³/mol. The van der Waals surface area contributed by atoms with Gasteiger partial charge in [0.05, 0.1) is 16.4 Å². The van der Waals surface area contributed by atoms with E-state index in [0.717, 1.165) is 10.4 Å². The van der Waals surface area contributed by atoms with Gasteiger partial charge in [0.25, 0.3) is 0 Å². The third kappa shape index (κ3) is 3.19. The molecule has 7 nitrogen and oxygen atoms in total. The first-order valence-electron chi connectivity index (χ1n) is 6.06. The Kier molecular flexibility index (Phi) is 4.54. The summed E-state index contributed by atoms with van der Waals surface area (Å²) >= 11 is 1.83. The third-order valence-corrected chi connectivity index (χ3v) is 6.16. The van der Waals surface area contributed by atoms with Gasteiger partial charge in [-0.1, -0.05) is 0 Å². The Hall–Kier alpha value is -1.20. The summed E-state index contributed by atoms with van der Waals surface area (Å²) in [6.45, 7) is 0.233. The van der Waals surface area contributed by atoms with Crippen LogP contribution in [0, 0.1) is 9.49 Å². The Bertz CT molecular complexity index is 704. The molecule has 1 heterocycles. The lowest BCUT2D eigenvalue weighted by Crippen LogP contribution is -2.32. The topological polar surface area (TPSA) is 118 Å². The van der Waals surface area contributed by atoms with Crippen molar-refractivity contribution in [2.75, 3.05) is 13.1 Å². The molecule has 114 valence electrons. The second kappa shape index (κ2) is 5.89. The van der Waals surface area contributed by atoms with E-state index in [1.54, 1.807) is 0 Å². The Morgan fingerprint density at radius 1 is 1.38 bits per heavy atom. The summed E-state index contributed by atoms with van der Waals surface area (Å²) in [5.41, 5.74) is 5.12. The van der Waals surface area contributed by atoms with Crippen molar-refractivity contribution in [3.8, 4) is 0 Å². The summed E-state index contributed by atoms with van der Waals surface area (Å²) in [4.78, 5) is 22.1. The van der Waals surface area contributed by atoms with Gasteiger partial charge < -0.3 is 10.8 Å². The van der Waals surface area contributed by atoms with Crippen LogP contribution in [0.1, 0.15) is 16.8 Å². The molecule has 21 heavy (non-hydrogen) atoms. The highest BCUT2D eigenvalue weighted by molar-refractivity contribution is 14.1. The van der Waals surface area contributed by atoms with E-state index in [4.69, 9.17) is 10.8 Å². The number of carboxylic acids is 1. The lowest BCUT2D eigenvalue weighted by atomic mass is 10.1. The van der Waals surface area contributed by atoms with Crippen molar-refractivity contribution in [1.29, 1.82) is 0 Å². The number of carbonyl (C=O) groups excluding carboxylic acids is 1. The molecule has 0 spiro atoms. The fourth-order valence-electron chi connectivity index (χ4n) is 2.16. The quantitative estimate of drug-likeness (QED) is 0.683. The van der Waals surface area contributed by atoms with Crippen molar-refractivity contribution < 1.29 is 23.1 Å². The number of rotatable bonds is 4. The van der Waals surface area contributed by atoms with E-state index in [2.05, 4.69) is 0 Å². The van der Waals surface area contributed by atoms with Crippen LogP contribution < -0.4 is 5.73 Å². The molecule has 1 aromatic rings. The van der Waals surface area contributed by atoms with Crippen molar-refractivity contribution >= 4 is 44.5 Å². The minimum Gasteiger partial charge on any atom is -0.478 e. The highest BCUT2D eigenvalue weighted by Gasteiger charge is 2.35. The van der Waals surface area contributed by atoms with Crippen LogP contribution in [-0.2, 0) is 14.8 Å². The molecule has 1 aliphatic heterocycles. The van der Waals surface area contributed by atoms with Gasteiger partial charge in [-0.3, -0.25) is 4.79 Å². The second-order valence-electron chi connectivity index (χ2n) is 4.70. The molecule has 1 aliphatic rings. The van der Waals surface area contributed by atoms with Crippen LogP contribution in [0.5, 0.6) is 0 Å². The van der Waals surface area contributed by atoms with Gasteiger partial charge in [-0.05, 0) is 47.2 Å². The molecule has 0 aromatic heterocycles. The van der Waals surface area contributed by atoms with E-state index in [1.807, 2.05) is 22.6 Å². The van der Waals surface area contributed by atoms with Crippen LogP contribution >= 0.6 is 22.6 Å². The molecular weight excluding hydrogens is 411 g/mol. The van der Waals surface area contributed by atoms with Gasteiger partial charge in [0.2, 0.25) is 15.9 Å². The zero-order valence-electron chi connectivity index (χ0n) is 10.8. The van der Waals surface area contributed by atoms with E-state index in [1.165, 1.54) is 12.1 Å². The number of carbonyl (C=O) groups is 2. The summed E-state index contributed by atoms with van der Waals surface area (Å²) in [5.74, 6) is -2.21. The third-order valence-electron chi connectivity index (χ3n) is 3.36. The van der Waals surface area contributed by atoms with Crippen LogP contribution in [0.4, 0.5) is 0 Å². The maximum Gasteiger partial charge on any atom is 0.336 e. The highest BCUT2D eigenvalue weighted by Crippen LogP contribution is 2.26. The minimum absolute atomic E-state index is 0.0338. The van der Waals surface area contributed by atoms with Gasteiger partial charge in [0.1, 0.15) is 0 Å². The summed E-state index contributed by atoms with van der Waals surface area (Å²) in [6.07, 6.45) is 0.380. The molecule has 1 unspecified atom stereocenters. The standard InChI is InChI=1S/C12H13IN2O5S/c13-10-2-1-8(5-9(10)12(17)18)21(19,20)15-4-3-7(6-15)11(14)16/h1-2,5,7H,3-4,6H2,(H2,14,16)(H,17,18). The van der Waals surface area contributed by atoms with Crippen LogP contribution in [-0.4, -0.2) is 42.8 Å². The number of benzene rings is 1. The van der Waals surface area contributed by atoms with Gasteiger partial charge in [-0.2, -0.15) is 4.31 Å². The van der Waals surface area contributed by atoms with Crippen LogP contribution in [0.3, 0.4) is 0 Å². The number of halogens is 1. The average Bonchev–Trinajstić information content (AvgIpc) is 2.89. The Labute approximate surface area is 135 Å². The molecule has 1 fully saturated rings. The first-order chi connectivity index (χ1) is 9.73. The number of hydrogen-bond acceptors (Lipinski definition) is 4. The van der Waals surface area contributed by atoms with Gasteiger partial charge in [0, 0.05) is 16.7 Å². The van der Waals surface area contributed by atoms with Gasteiger partial charge in [-0.15, -0.1) is 0 Å². The van der Waals surface area contributed by atoms with Crippen LogP contribution in [0.2, 0.25) is 0 Å². The van der Waals surface area contributed by atoms with E-state index in [-0.39, 0.29) is 23.5 Å². The fraction of sp³-hybridized carbons (Fsp3) is 0.333. The molecule has 3 N–H and O–H groups in total. The van der Waals surface area contributed by atoms with E-state index >= 15 is 0 Å². The molecule has 9 heteroatoms. The number of nitrogens with zero attached hydrogens (tertiary/aromatic N) is 1. The van der Waals surface area contributed by atoms with Crippen molar-refractivity contribution in [3.05, 3.63) is 27.3 Å². The molecule has 0 aliphatic carbocycles. The molecule has 1 amide bonds. The van der Waals surface area contributed by atoms with Crippen molar-refractivity contribution in [2.45, 2.75) is 11.3 Å². The molecule has 0 saturated carbocycles. The minimum atomic E-state index is -3.82.